The maximum atomic E-state index is 13.1. The van der Waals surface area contributed by atoms with Gasteiger partial charge in [0.15, 0.2) is 5.65 Å². The predicted octanol–water partition coefficient (Wildman–Crippen LogP) is 5.48. The molecule has 0 bridgehead atoms. The van der Waals surface area contributed by atoms with Gasteiger partial charge in [-0.25, -0.2) is 19.5 Å². The van der Waals surface area contributed by atoms with E-state index in [0.717, 1.165) is 22.9 Å². The van der Waals surface area contributed by atoms with Crippen LogP contribution in [0.3, 0.4) is 0 Å². The Labute approximate surface area is 185 Å². The third-order valence-corrected chi connectivity index (χ3v) is 5.96. The lowest BCUT2D eigenvalue weighted by molar-refractivity contribution is -0.141. The average molecular weight is 454 g/mol. The van der Waals surface area contributed by atoms with E-state index in [4.69, 9.17) is 5.10 Å². The minimum absolute atomic E-state index is 0.220. The van der Waals surface area contributed by atoms with E-state index in [0.29, 0.717) is 27.6 Å². The van der Waals surface area contributed by atoms with Crippen molar-refractivity contribution < 1.29 is 13.2 Å². The molecule has 0 unspecified atom stereocenters. The normalized spacial score (nSPS) is 12.2. The molecule has 0 spiro atoms. The van der Waals surface area contributed by atoms with E-state index in [2.05, 4.69) is 15.0 Å². The number of imidazole rings is 1. The summed E-state index contributed by atoms with van der Waals surface area (Å²) in [5, 5.41) is 5.42. The second kappa shape index (κ2) is 7.63. The highest BCUT2D eigenvalue weighted by Gasteiger charge is 2.33. The fourth-order valence-corrected chi connectivity index (χ4v) is 4.34. The van der Waals surface area contributed by atoms with Gasteiger partial charge in [-0.05, 0) is 17.4 Å². The molecular formula is C22H17F3N6S. The standard InChI is InChI=1S/C22H17F3N6S/c1-3-32-21-18(19-27-10-14(12-31(19)29-21)13-7-5-4-6-8-13)20-28-15-9-17(22(23,24)25)26-11-16(15)30(20)2/h4-12H,3H2,1-2H3. The van der Waals surface area contributed by atoms with Crippen LogP contribution >= 0.6 is 11.8 Å². The molecule has 0 aliphatic heterocycles. The summed E-state index contributed by atoms with van der Waals surface area (Å²) in [6, 6.07) is 10.8. The Morgan fingerprint density at radius 3 is 2.53 bits per heavy atom. The van der Waals surface area contributed by atoms with Crippen LogP contribution < -0.4 is 0 Å². The molecule has 0 atom stereocenters. The lowest BCUT2D eigenvalue weighted by Gasteiger charge is -2.05. The summed E-state index contributed by atoms with van der Waals surface area (Å²) in [5.74, 6) is 1.26. The van der Waals surface area contributed by atoms with Crippen LogP contribution in [-0.4, -0.2) is 34.9 Å². The quantitative estimate of drug-likeness (QED) is 0.337. The van der Waals surface area contributed by atoms with Crippen molar-refractivity contribution in [2.75, 3.05) is 5.75 Å². The zero-order valence-electron chi connectivity index (χ0n) is 17.1. The van der Waals surface area contributed by atoms with Gasteiger partial charge < -0.3 is 4.57 Å². The van der Waals surface area contributed by atoms with E-state index < -0.39 is 11.9 Å². The summed E-state index contributed by atoms with van der Waals surface area (Å²) in [5.41, 5.74) is 2.94. The Morgan fingerprint density at radius 2 is 1.81 bits per heavy atom. The lowest BCUT2D eigenvalue weighted by Crippen LogP contribution is -2.07. The number of rotatable bonds is 4. The third-order valence-electron chi connectivity index (χ3n) is 5.11. The first-order chi connectivity index (χ1) is 15.4. The number of pyridine rings is 1. The molecule has 4 aromatic heterocycles. The molecule has 6 nitrogen and oxygen atoms in total. The van der Waals surface area contributed by atoms with Crippen molar-refractivity contribution in [3.63, 3.8) is 0 Å². The molecule has 5 rings (SSSR count). The van der Waals surface area contributed by atoms with E-state index >= 15 is 0 Å². The summed E-state index contributed by atoms with van der Waals surface area (Å²) in [4.78, 5) is 12.7. The van der Waals surface area contributed by atoms with E-state index in [1.54, 1.807) is 22.3 Å². The van der Waals surface area contributed by atoms with E-state index in [1.807, 2.05) is 43.5 Å². The summed E-state index contributed by atoms with van der Waals surface area (Å²) >= 11 is 1.53. The van der Waals surface area contributed by atoms with Crippen LogP contribution in [0, 0.1) is 0 Å². The zero-order valence-corrected chi connectivity index (χ0v) is 17.9. The van der Waals surface area contributed by atoms with Gasteiger partial charge in [-0.3, -0.25) is 0 Å². The fourth-order valence-electron chi connectivity index (χ4n) is 3.60. The second-order valence-corrected chi connectivity index (χ2v) is 8.39. The number of aromatic nitrogens is 6. The Kier molecular flexibility index (Phi) is 4.89. The first-order valence-electron chi connectivity index (χ1n) is 9.83. The zero-order chi connectivity index (χ0) is 22.5. The molecule has 4 heterocycles. The van der Waals surface area contributed by atoms with Crippen molar-refractivity contribution in [3.05, 3.63) is 60.7 Å². The molecule has 0 N–H and O–H groups in total. The van der Waals surface area contributed by atoms with E-state index in [9.17, 15) is 13.2 Å². The van der Waals surface area contributed by atoms with Crippen molar-refractivity contribution in [2.45, 2.75) is 18.1 Å². The van der Waals surface area contributed by atoms with Crippen LogP contribution in [0.5, 0.6) is 0 Å². The maximum absolute atomic E-state index is 13.1. The van der Waals surface area contributed by atoms with Crippen molar-refractivity contribution in [2.24, 2.45) is 7.05 Å². The number of hydrogen-bond donors (Lipinski definition) is 0. The highest BCUT2D eigenvalue weighted by molar-refractivity contribution is 7.99. The summed E-state index contributed by atoms with van der Waals surface area (Å²) < 4.78 is 42.8. The predicted molar refractivity (Wildman–Crippen MR) is 117 cm³/mol. The number of fused-ring (bicyclic) bond motifs is 2. The molecule has 0 saturated heterocycles. The number of aryl methyl sites for hydroxylation is 1. The van der Waals surface area contributed by atoms with Crippen molar-refractivity contribution in [3.8, 4) is 22.5 Å². The van der Waals surface area contributed by atoms with Crippen molar-refractivity contribution >= 4 is 28.4 Å². The number of benzene rings is 1. The molecule has 0 saturated carbocycles. The maximum Gasteiger partial charge on any atom is 0.433 e. The first kappa shape index (κ1) is 20.5. The lowest BCUT2D eigenvalue weighted by atomic mass is 10.1. The van der Waals surface area contributed by atoms with Gasteiger partial charge in [0.1, 0.15) is 16.5 Å². The average Bonchev–Trinajstić information content (AvgIpc) is 3.30. The minimum atomic E-state index is -4.53. The van der Waals surface area contributed by atoms with Gasteiger partial charge in [0.2, 0.25) is 0 Å². The number of hydrogen-bond acceptors (Lipinski definition) is 5. The van der Waals surface area contributed by atoms with Gasteiger partial charge in [-0.2, -0.15) is 18.3 Å². The smallest absolute Gasteiger partial charge is 0.326 e. The van der Waals surface area contributed by atoms with Gasteiger partial charge in [0.25, 0.3) is 0 Å². The summed E-state index contributed by atoms with van der Waals surface area (Å²) in [7, 11) is 1.75. The van der Waals surface area contributed by atoms with Crippen LogP contribution in [0.25, 0.3) is 39.2 Å². The molecule has 162 valence electrons. The van der Waals surface area contributed by atoms with Gasteiger partial charge in [0, 0.05) is 25.0 Å². The largest absolute Gasteiger partial charge is 0.433 e. The molecule has 5 aromatic rings. The molecule has 0 fully saturated rings. The first-order valence-corrected chi connectivity index (χ1v) is 10.8. The highest BCUT2D eigenvalue weighted by atomic mass is 32.2. The Balaban J connectivity index is 1.71. The number of alkyl halides is 3. The Hall–Kier alpha value is -3.40. The molecule has 1 aromatic carbocycles. The fraction of sp³-hybridized carbons (Fsp3) is 0.182. The second-order valence-electron chi connectivity index (χ2n) is 7.14. The number of nitrogens with zero attached hydrogens (tertiary/aromatic N) is 6. The molecule has 0 aliphatic carbocycles. The van der Waals surface area contributed by atoms with Crippen LogP contribution in [0.4, 0.5) is 13.2 Å². The minimum Gasteiger partial charge on any atom is -0.326 e. The third kappa shape index (κ3) is 3.40. The molecule has 0 amide bonds. The van der Waals surface area contributed by atoms with Crippen LogP contribution in [0.1, 0.15) is 12.6 Å². The molecular weight excluding hydrogens is 437 g/mol. The van der Waals surface area contributed by atoms with Gasteiger partial charge in [-0.1, -0.05) is 37.3 Å². The summed E-state index contributed by atoms with van der Waals surface area (Å²) in [6.07, 6.45) is 0.331. The van der Waals surface area contributed by atoms with Crippen molar-refractivity contribution in [1.82, 2.24) is 29.1 Å². The van der Waals surface area contributed by atoms with E-state index in [1.165, 1.54) is 18.0 Å². The van der Waals surface area contributed by atoms with Crippen molar-refractivity contribution in [1.29, 1.82) is 0 Å². The van der Waals surface area contributed by atoms with Crippen LogP contribution in [-0.2, 0) is 13.2 Å². The number of thioether (sulfide) groups is 1. The Morgan fingerprint density at radius 1 is 1.03 bits per heavy atom. The van der Waals surface area contributed by atoms with Gasteiger partial charge >= 0.3 is 6.18 Å². The number of halogens is 3. The molecule has 0 aliphatic rings. The van der Waals surface area contributed by atoms with Crippen LogP contribution in [0.2, 0.25) is 0 Å². The van der Waals surface area contributed by atoms with E-state index in [-0.39, 0.29) is 5.52 Å². The highest BCUT2D eigenvalue weighted by Crippen LogP contribution is 2.36. The van der Waals surface area contributed by atoms with Gasteiger partial charge in [0.05, 0.1) is 22.8 Å². The monoisotopic (exact) mass is 454 g/mol. The Bertz CT molecular complexity index is 1440. The molecule has 32 heavy (non-hydrogen) atoms. The molecule has 0 radical (unpaired) electrons. The SMILES string of the molecule is CCSc1nn2cc(-c3ccccc3)cnc2c1-c1nc2cc(C(F)(F)F)ncc2n1C. The molecule has 10 heteroatoms. The topological polar surface area (TPSA) is 60.9 Å². The van der Waals surface area contributed by atoms with Gasteiger partial charge in [-0.15, -0.1) is 11.8 Å². The summed E-state index contributed by atoms with van der Waals surface area (Å²) in [6.45, 7) is 2.01. The van der Waals surface area contributed by atoms with Crippen LogP contribution in [0.15, 0.2) is 60.0 Å².